The van der Waals surface area contributed by atoms with Gasteiger partial charge in [0.05, 0.1) is 0 Å². The van der Waals surface area contributed by atoms with E-state index in [0.717, 1.165) is 16.7 Å². The summed E-state index contributed by atoms with van der Waals surface area (Å²) in [4.78, 5) is 46.3. The highest BCUT2D eigenvalue weighted by Crippen LogP contribution is 2.18. The minimum atomic E-state index is -0.638. The summed E-state index contributed by atoms with van der Waals surface area (Å²) >= 11 is 0. The molecule has 1 unspecified atom stereocenters. The van der Waals surface area contributed by atoms with Gasteiger partial charge in [-0.25, -0.2) is 0 Å². The molecule has 0 saturated carbocycles. The lowest BCUT2D eigenvalue weighted by Crippen LogP contribution is -2.51. The minimum absolute atomic E-state index is 0.225. The highest BCUT2D eigenvalue weighted by molar-refractivity contribution is 6.00. The quantitative estimate of drug-likeness (QED) is 0.547. The summed E-state index contributed by atoms with van der Waals surface area (Å²) in [6.45, 7) is 2.59. The molecule has 1 fully saturated rings. The van der Waals surface area contributed by atoms with E-state index in [0.29, 0.717) is 25.8 Å². The number of carbonyl (C=O) groups is 4. The summed E-state index contributed by atoms with van der Waals surface area (Å²) in [6.07, 6.45) is 1.81. The van der Waals surface area contributed by atoms with Crippen molar-refractivity contribution in [3.05, 3.63) is 34.9 Å². The Morgan fingerprint density at radius 1 is 1.35 bits per heavy atom. The maximum absolute atomic E-state index is 11.9. The fourth-order valence-electron chi connectivity index (χ4n) is 2.58. The van der Waals surface area contributed by atoms with Crippen molar-refractivity contribution in [3.63, 3.8) is 0 Å². The van der Waals surface area contributed by atoms with Crippen molar-refractivity contribution in [2.24, 2.45) is 0 Å². The SMILES string of the molecule is Cc1ccc(CNC=O)cc1CN(C=O)C1CCC(=O)NC1=O. The molecule has 1 aliphatic rings. The van der Waals surface area contributed by atoms with Gasteiger partial charge >= 0.3 is 0 Å². The van der Waals surface area contributed by atoms with Crippen molar-refractivity contribution in [1.82, 2.24) is 15.5 Å². The standard InChI is InChI=1S/C16H19N3O4/c1-11-2-3-12(7-17-9-20)6-13(11)8-19(10-21)14-4-5-15(22)18-16(14)23/h2-3,6,9-10,14H,4-5,7-8H2,1H3,(H,17,20)(H,18,22,23). The third-order valence-corrected chi connectivity index (χ3v) is 3.90. The van der Waals surface area contributed by atoms with Gasteiger partial charge in [-0.15, -0.1) is 0 Å². The Morgan fingerprint density at radius 2 is 2.13 bits per heavy atom. The van der Waals surface area contributed by atoms with Crippen LogP contribution in [0.25, 0.3) is 0 Å². The predicted octanol–water partition coefficient (Wildman–Crippen LogP) is 0.00462. The van der Waals surface area contributed by atoms with Crippen LogP contribution in [0.4, 0.5) is 0 Å². The Kier molecular flexibility index (Phi) is 5.46. The van der Waals surface area contributed by atoms with Gasteiger partial charge in [-0.05, 0) is 30.0 Å². The first-order chi connectivity index (χ1) is 11.0. The first-order valence-corrected chi connectivity index (χ1v) is 7.35. The van der Waals surface area contributed by atoms with Gasteiger partial charge in [0.25, 0.3) is 0 Å². The third kappa shape index (κ3) is 4.15. The second-order valence-corrected chi connectivity index (χ2v) is 5.50. The molecular formula is C16H19N3O4. The van der Waals surface area contributed by atoms with Crippen molar-refractivity contribution >= 4 is 24.6 Å². The highest BCUT2D eigenvalue weighted by atomic mass is 16.2. The molecule has 7 nitrogen and oxygen atoms in total. The predicted molar refractivity (Wildman–Crippen MR) is 81.9 cm³/mol. The van der Waals surface area contributed by atoms with Gasteiger partial charge in [0.15, 0.2) is 0 Å². The van der Waals surface area contributed by atoms with Crippen LogP contribution in [-0.2, 0) is 32.3 Å². The number of carbonyl (C=O) groups excluding carboxylic acids is 4. The summed E-state index contributed by atoms with van der Waals surface area (Å²) in [5, 5.41) is 4.85. The van der Waals surface area contributed by atoms with Crippen molar-refractivity contribution in [3.8, 4) is 0 Å². The monoisotopic (exact) mass is 317 g/mol. The molecule has 2 rings (SSSR count). The lowest BCUT2D eigenvalue weighted by atomic mass is 10.0. The number of imide groups is 1. The molecule has 1 saturated heterocycles. The Labute approximate surface area is 134 Å². The number of hydrogen-bond donors (Lipinski definition) is 2. The Bertz CT molecular complexity index is 630. The van der Waals surface area contributed by atoms with Gasteiger partial charge in [0, 0.05) is 19.5 Å². The van der Waals surface area contributed by atoms with Gasteiger partial charge in [-0.3, -0.25) is 24.5 Å². The molecule has 1 heterocycles. The van der Waals surface area contributed by atoms with Gasteiger partial charge in [-0.2, -0.15) is 0 Å². The number of aryl methyl sites for hydroxylation is 1. The molecule has 0 radical (unpaired) electrons. The molecule has 1 aliphatic heterocycles. The minimum Gasteiger partial charge on any atom is -0.355 e. The molecule has 122 valence electrons. The van der Waals surface area contributed by atoms with Crippen molar-refractivity contribution < 1.29 is 19.2 Å². The molecule has 1 aromatic carbocycles. The normalized spacial score (nSPS) is 17.3. The van der Waals surface area contributed by atoms with Crippen LogP contribution in [0.2, 0.25) is 0 Å². The fourth-order valence-corrected chi connectivity index (χ4v) is 2.58. The second kappa shape index (κ2) is 7.53. The first-order valence-electron chi connectivity index (χ1n) is 7.35. The van der Waals surface area contributed by atoms with E-state index in [9.17, 15) is 19.2 Å². The highest BCUT2D eigenvalue weighted by Gasteiger charge is 2.31. The molecule has 2 N–H and O–H groups in total. The molecule has 7 heteroatoms. The number of hydrogen-bond acceptors (Lipinski definition) is 4. The second-order valence-electron chi connectivity index (χ2n) is 5.50. The van der Waals surface area contributed by atoms with E-state index in [4.69, 9.17) is 0 Å². The van der Waals surface area contributed by atoms with E-state index in [1.54, 1.807) is 0 Å². The van der Waals surface area contributed by atoms with Crippen LogP contribution in [0, 0.1) is 6.92 Å². The van der Waals surface area contributed by atoms with Gasteiger partial charge in [0.1, 0.15) is 6.04 Å². The van der Waals surface area contributed by atoms with Crippen LogP contribution >= 0.6 is 0 Å². The number of benzene rings is 1. The van der Waals surface area contributed by atoms with E-state index < -0.39 is 11.9 Å². The van der Waals surface area contributed by atoms with Crippen LogP contribution in [-0.4, -0.2) is 35.6 Å². The van der Waals surface area contributed by atoms with Gasteiger partial charge < -0.3 is 10.2 Å². The zero-order valence-electron chi connectivity index (χ0n) is 12.9. The lowest BCUT2D eigenvalue weighted by molar-refractivity contribution is -0.141. The topological polar surface area (TPSA) is 95.6 Å². The molecule has 1 atom stereocenters. The van der Waals surface area contributed by atoms with E-state index in [1.165, 1.54) is 4.90 Å². The Hall–Kier alpha value is -2.70. The van der Waals surface area contributed by atoms with E-state index in [2.05, 4.69) is 10.6 Å². The van der Waals surface area contributed by atoms with Gasteiger partial charge in [-0.1, -0.05) is 18.2 Å². The fraction of sp³-hybridized carbons (Fsp3) is 0.375. The summed E-state index contributed by atoms with van der Waals surface area (Å²) in [7, 11) is 0. The van der Waals surface area contributed by atoms with Crippen LogP contribution in [0.15, 0.2) is 18.2 Å². The van der Waals surface area contributed by atoms with Crippen LogP contribution < -0.4 is 10.6 Å². The first kappa shape index (κ1) is 16.7. The summed E-state index contributed by atoms with van der Waals surface area (Å²) < 4.78 is 0. The van der Waals surface area contributed by atoms with E-state index in [1.807, 2.05) is 25.1 Å². The number of piperidine rings is 1. The molecule has 0 spiro atoms. The van der Waals surface area contributed by atoms with Crippen LogP contribution in [0.3, 0.4) is 0 Å². The number of rotatable bonds is 7. The van der Waals surface area contributed by atoms with Crippen molar-refractivity contribution in [1.29, 1.82) is 0 Å². The van der Waals surface area contributed by atoms with Crippen molar-refractivity contribution in [2.45, 2.75) is 38.9 Å². The van der Waals surface area contributed by atoms with Crippen LogP contribution in [0.5, 0.6) is 0 Å². The maximum Gasteiger partial charge on any atom is 0.249 e. The molecule has 0 bridgehead atoms. The zero-order chi connectivity index (χ0) is 16.8. The van der Waals surface area contributed by atoms with E-state index >= 15 is 0 Å². The summed E-state index contributed by atoms with van der Waals surface area (Å²) in [5.74, 6) is -0.750. The molecular weight excluding hydrogens is 298 g/mol. The van der Waals surface area contributed by atoms with Crippen LogP contribution in [0.1, 0.15) is 29.5 Å². The smallest absolute Gasteiger partial charge is 0.249 e. The number of nitrogens with one attached hydrogen (secondary N) is 2. The Balaban J connectivity index is 2.14. The van der Waals surface area contributed by atoms with E-state index in [-0.39, 0.29) is 18.9 Å². The molecule has 23 heavy (non-hydrogen) atoms. The third-order valence-electron chi connectivity index (χ3n) is 3.90. The molecule has 1 aromatic rings. The number of amides is 4. The largest absolute Gasteiger partial charge is 0.355 e. The summed E-state index contributed by atoms with van der Waals surface area (Å²) in [5.41, 5.74) is 2.79. The average molecular weight is 317 g/mol. The summed E-state index contributed by atoms with van der Waals surface area (Å²) in [6, 6.07) is 5.06. The van der Waals surface area contributed by atoms with Crippen molar-refractivity contribution in [2.75, 3.05) is 0 Å². The lowest BCUT2D eigenvalue weighted by Gasteiger charge is -2.30. The molecule has 4 amide bonds. The number of nitrogens with zero attached hydrogens (tertiary/aromatic N) is 1. The molecule has 0 aliphatic carbocycles. The average Bonchev–Trinajstić information content (AvgIpc) is 2.53. The maximum atomic E-state index is 11.9. The van der Waals surface area contributed by atoms with Gasteiger partial charge in [0.2, 0.25) is 24.6 Å². The Morgan fingerprint density at radius 3 is 2.78 bits per heavy atom. The molecule has 0 aromatic heterocycles. The zero-order valence-corrected chi connectivity index (χ0v) is 12.9.